The topological polar surface area (TPSA) is 35.5 Å². The van der Waals surface area contributed by atoms with Crippen LogP contribution in [0.1, 0.15) is 22.3 Å². The molecule has 0 radical (unpaired) electrons. The number of hydrogen-bond acceptors (Lipinski definition) is 3. The van der Waals surface area contributed by atoms with Gasteiger partial charge in [-0.1, -0.05) is 17.7 Å². The number of hydrogen-bond donors (Lipinski definition) is 0. The third kappa shape index (κ3) is 4.01. The lowest BCUT2D eigenvalue weighted by Crippen LogP contribution is -2.17. The SMILES string of the molecule is Cc1ccc(OC(=O)COc2cc(C)c(Cl)c(C)c2)cc1C. The van der Waals surface area contributed by atoms with Crippen molar-refractivity contribution in [3.05, 3.63) is 57.6 Å². The Kier molecular flexibility index (Phi) is 5.09. The quantitative estimate of drug-likeness (QED) is 0.612. The Morgan fingerprint density at radius 2 is 1.50 bits per heavy atom. The van der Waals surface area contributed by atoms with Crippen LogP contribution in [0.15, 0.2) is 30.3 Å². The summed E-state index contributed by atoms with van der Waals surface area (Å²) in [5, 5.41) is 0.713. The molecule has 0 saturated heterocycles. The minimum Gasteiger partial charge on any atom is -0.482 e. The first kappa shape index (κ1) is 16.4. The lowest BCUT2D eigenvalue weighted by atomic mass is 10.1. The van der Waals surface area contributed by atoms with Gasteiger partial charge in [-0.2, -0.15) is 0 Å². The van der Waals surface area contributed by atoms with E-state index in [1.807, 2.05) is 39.8 Å². The van der Waals surface area contributed by atoms with E-state index in [0.29, 0.717) is 16.5 Å². The van der Waals surface area contributed by atoms with Gasteiger partial charge in [-0.25, -0.2) is 4.79 Å². The Hall–Kier alpha value is -2.00. The molecule has 0 amide bonds. The van der Waals surface area contributed by atoms with Gasteiger partial charge in [0.1, 0.15) is 11.5 Å². The second-order valence-electron chi connectivity index (χ2n) is 5.38. The number of esters is 1. The van der Waals surface area contributed by atoms with Gasteiger partial charge in [0.05, 0.1) is 0 Å². The van der Waals surface area contributed by atoms with Crippen LogP contribution in [0.2, 0.25) is 5.02 Å². The zero-order chi connectivity index (χ0) is 16.3. The maximum Gasteiger partial charge on any atom is 0.349 e. The number of aryl methyl sites for hydroxylation is 4. The summed E-state index contributed by atoms with van der Waals surface area (Å²) in [6.07, 6.45) is 0. The number of carbonyl (C=O) groups excluding carboxylic acids is 1. The normalized spacial score (nSPS) is 10.4. The van der Waals surface area contributed by atoms with E-state index >= 15 is 0 Å². The first-order valence-electron chi connectivity index (χ1n) is 7.04. The van der Waals surface area contributed by atoms with Crippen molar-refractivity contribution in [1.29, 1.82) is 0 Å². The molecular formula is C18H19ClO3. The van der Waals surface area contributed by atoms with Gasteiger partial charge in [0, 0.05) is 5.02 Å². The molecule has 0 atom stereocenters. The fraction of sp³-hybridized carbons (Fsp3) is 0.278. The van der Waals surface area contributed by atoms with Crippen molar-refractivity contribution < 1.29 is 14.3 Å². The maximum absolute atomic E-state index is 11.8. The Labute approximate surface area is 135 Å². The van der Waals surface area contributed by atoms with Gasteiger partial charge in [-0.05, 0) is 74.2 Å². The maximum atomic E-state index is 11.8. The molecule has 0 aliphatic rings. The van der Waals surface area contributed by atoms with Crippen molar-refractivity contribution in [1.82, 2.24) is 0 Å². The Balaban J connectivity index is 1.96. The molecule has 0 fully saturated rings. The molecule has 0 unspecified atom stereocenters. The summed E-state index contributed by atoms with van der Waals surface area (Å²) in [7, 11) is 0. The highest BCUT2D eigenvalue weighted by atomic mass is 35.5. The summed E-state index contributed by atoms with van der Waals surface area (Å²) >= 11 is 6.10. The predicted molar refractivity (Wildman–Crippen MR) is 88.0 cm³/mol. The average molecular weight is 319 g/mol. The van der Waals surface area contributed by atoms with E-state index in [4.69, 9.17) is 21.1 Å². The molecule has 0 aromatic heterocycles. The Morgan fingerprint density at radius 1 is 0.909 bits per heavy atom. The summed E-state index contributed by atoms with van der Waals surface area (Å²) in [5.41, 5.74) is 4.07. The van der Waals surface area contributed by atoms with Crippen LogP contribution in [0.25, 0.3) is 0 Å². The molecule has 0 spiro atoms. The van der Waals surface area contributed by atoms with E-state index in [9.17, 15) is 4.79 Å². The Morgan fingerprint density at radius 3 is 2.09 bits per heavy atom. The smallest absolute Gasteiger partial charge is 0.349 e. The van der Waals surface area contributed by atoms with E-state index in [1.54, 1.807) is 18.2 Å². The van der Waals surface area contributed by atoms with Crippen molar-refractivity contribution in [3.63, 3.8) is 0 Å². The van der Waals surface area contributed by atoms with Gasteiger partial charge in [0.25, 0.3) is 0 Å². The van der Waals surface area contributed by atoms with Gasteiger partial charge < -0.3 is 9.47 Å². The van der Waals surface area contributed by atoms with Crippen LogP contribution < -0.4 is 9.47 Å². The highest BCUT2D eigenvalue weighted by Crippen LogP contribution is 2.26. The van der Waals surface area contributed by atoms with Crippen LogP contribution in [0.4, 0.5) is 0 Å². The van der Waals surface area contributed by atoms with Crippen molar-refractivity contribution in [2.24, 2.45) is 0 Å². The van der Waals surface area contributed by atoms with Gasteiger partial charge in [-0.3, -0.25) is 0 Å². The molecule has 0 aliphatic carbocycles. The van der Waals surface area contributed by atoms with Crippen molar-refractivity contribution in [2.45, 2.75) is 27.7 Å². The minimum atomic E-state index is -0.437. The summed E-state index contributed by atoms with van der Waals surface area (Å²) in [5.74, 6) is 0.699. The van der Waals surface area contributed by atoms with Crippen molar-refractivity contribution >= 4 is 17.6 Å². The lowest BCUT2D eigenvalue weighted by molar-refractivity contribution is -0.136. The average Bonchev–Trinajstić information content (AvgIpc) is 2.46. The fourth-order valence-corrected chi connectivity index (χ4v) is 2.18. The number of benzene rings is 2. The highest BCUT2D eigenvalue weighted by Gasteiger charge is 2.09. The molecule has 116 valence electrons. The molecule has 0 aliphatic heterocycles. The van der Waals surface area contributed by atoms with E-state index in [1.165, 1.54) is 0 Å². The molecule has 22 heavy (non-hydrogen) atoms. The number of halogens is 1. The Bertz CT molecular complexity index is 684. The molecule has 3 nitrogen and oxygen atoms in total. The molecule has 4 heteroatoms. The largest absolute Gasteiger partial charge is 0.482 e. The minimum absolute atomic E-state index is 0.145. The molecule has 0 bridgehead atoms. The second-order valence-corrected chi connectivity index (χ2v) is 5.76. The number of carbonyl (C=O) groups is 1. The third-order valence-electron chi connectivity index (χ3n) is 3.48. The third-order valence-corrected chi connectivity index (χ3v) is 4.07. The van der Waals surface area contributed by atoms with Crippen molar-refractivity contribution in [2.75, 3.05) is 6.61 Å². The first-order chi connectivity index (χ1) is 10.4. The van der Waals surface area contributed by atoms with E-state index in [-0.39, 0.29) is 6.61 Å². The number of rotatable bonds is 4. The van der Waals surface area contributed by atoms with Crippen LogP contribution in [0.5, 0.6) is 11.5 Å². The lowest BCUT2D eigenvalue weighted by Gasteiger charge is -2.10. The monoisotopic (exact) mass is 318 g/mol. The standard InChI is InChI=1S/C18H19ClO3/c1-11-5-6-15(7-12(11)2)22-17(20)10-21-16-8-13(3)18(19)14(4)9-16/h5-9H,10H2,1-4H3. The first-order valence-corrected chi connectivity index (χ1v) is 7.42. The van der Waals surface area contributed by atoms with Crippen molar-refractivity contribution in [3.8, 4) is 11.5 Å². The van der Waals surface area contributed by atoms with Crippen LogP contribution >= 0.6 is 11.6 Å². The van der Waals surface area contributed by atoms with Gasteiger partial charge in [0.2, 0.25) is 0 Å². The molecule has 0 saturated carbocycles. The van der Waals surface area contributed by atoms with Crippen LogP contribution in [0.3, 0.4) is 0 Å². The van der Waals surface area contributed by atoms with E-state index < -0.39 is 5.97 Å². The van der Waals surface area contributed by atoms with Gasteiger partial charge >= 0.3 is 5.97 Å². The van der Waals surface area contributed by atoms with E-state index in [0.717, 1.165) is 22.3 Å². The summed E-state index contributed by atoms with van der Waals surface area (Å²) in [4.78, 5) is 11.8. The predicted octanol–water partition coefficient (Wildman–Crippen LogP) is 4.56. The second kappa shape index (κ2) is 6.84. The summed E-state index contributed by atoms with van der Waals surface area (Å²) in [6.45, 7) is 7.64. The van der Waals surface area contributed by atoms with E-state index in [2.05, 4.69) is 0 Å². The van der Waals surface area contributed by atoms with Crippen LogP contribution in [-0.2, 0) is 4.79 Å². The van der Waals surface area contributed by atoms with Crippen LogP contribution in [-0.4, -0.2) is 12.6 Å². The zero-order valence-corrected chi connectivity index (χ0v) is 14.0. The molecule has 2 aromatic carbocycles. The van der Waals surface area contributed by atoms with Gasteiger partial charge in [-0.15, -0.1) is 0 Å². The van der Waals surface area contributed by atoms with Crippen LogP contribution in [0, 0.1) is 27.7 Å². The molecule has 2 rings (SSSR count). The molecule has 2 aromatic rings. The molecule has 0 N–H and O–H groups in total. The summed E-state index contributed by atoms with van der Waals surface area (Å²) < 4.78 is 10.7. The highest BCUT2D eigenvalue weighted by molar-refractivity contribution is 6.32. The zero-order valence-electron chi connectivity index (χ0n) is 13.2. The molecular weight excluding hydrogens is 300 g/mol. The number of ether oxygens (including phenoxy) is 2. The molecule has 0 heterocycles. The van der Waals surface area contributed by atoms with Gasteiger partial charge in [0.15, 0.2) is 6.61 Å². The fourth-order valence-electron chi connectivity index (χ4n) is 2.07. The summed E-state index contributed by atoms with van der Waals surface area (Å²) in [6, 6.07) is 9.14.